The lowest BCUT2D eigenvalue weighted by Crippen LogP contribution is -2.29. The van der Waals surface area contributed by atoms with Gasteiger partial charge in [0.1, 0.15) is 12.4 Å². The monoisotopic (exact) mass is 237 g/mol. The van der Waals surface area contributed by atoms with Crippen LogP contribution in [0.5, 0.6) is 5.75 Å². The van der Waals surface area contributed by atoms with Crippen LogP contribution in [-0.4, -0.2) is 42.5 Å². The third kappa shape index (κ3) is 2.50. The van der Waals surface area contributed by atoms with Gasteiger partial charge >= 0.3 is 5.97 Å². The summed E-state index contributed by atoms with van der Waals surface area (Å²) in [5, 5.41) is 18.0. The molecule has 5 nitrogen and oxygen atoms in total. The van der Waals surface area contributed by atoms with E-state index in [0.717, 1.165) is 23.5 Å². The van der Waals surface area contributed by atoms with Gasteiger partial charge < -0.3 is 19.8 Å². The maximum atomic E-state index is 10.6. The number of rotatable bonds is 3. The number of benzene rings is 1. The highest BCUT2D eigenvalue weighted by molar-refractivity contribution is 5.72. The normalized spacial score (nSPS) is 16.0. The summed E-state index contributed by atoms with van der Waals surface area (Å²) in [6, 6.07) is 5.46. The van der Waals surface area contributed by atoms with Crippen LogP contribution in [0.25, 0.3) is 0 Å². The molecule has 0 saturated heterocycles. The first-order valence-corrected chi connectivity index (χ1v) is 5.45. The van der Waals surface area contributed by atoms with E-state index in [0.29, 0.717) is 6.61 Å². The standard InChI is InChI=1S/C12H15NO4/c1-13-4-5-17-11-3-2-8(6-9(11)13)7-10(14)12(15)16/h2-3,6,10,14H,4-5,7H2,1H3,(H,15,16). The molecule has 0 radical (unpaired) electrons. The average Bonchev–Trinajstić information content (AvgIpc) is 2.30. The van der Waals surface area contributed by atoms with E-state index in [1.165, 1.54) is 0 Å². The van der Waals surface area contributed by atoms with Crippen molar-refractivity contribution in [1.29, 1.82) is 0 Å². The van der Waals surface area contributed by atoms with Crippen molar-refractivity contribution < 1.29 is 19.7 Å². The smallest absolute Gasteiger partial charge is 0.332 e. The van der Waals surface area contributed by atoms with E-state index in [1.807, 2.05) is 19.2 Å². The molecule has 1 unspecified atom stereocenters. The molecule has 0 saturated carbocycles. The summed E-state index contributed by atoms with van der Waals surface area (Å²) in [4.78, 5) is 12.6. The first-order chi connectivity index (χ1) is 8.08. The number of ether oxygens (including phenoxy) is 1. The Bertz CT molecular complexity index is 433. The fourth-order valence-electron chi connectivity index (χ4n) is 1.83. The minimum atomic E-state index is -1.36. The van der Waals surface area contributed by atoms with E-state index in [2.05, 4.69) is 4.90 Å². The lowest BCUT2D eigenvalue weighted by Gasteiger charge is -2.28. The Kier molecular flexibility index (Phi) is 3.19. The van der Waals surface area contributed by atoms with Crippen molar-refractivity contribution in [3.05, 3.63) is 23.8 Å². The Morgan fingerprint density at radius 3 is 3.06 bits per heavy atom. The van der Waals surface area contributed by atoms with E-state index >= 15 is 0 Å². The van der Waals surface area contributed by atoms with Crippen LogP contribution in [0.3, 0.4) is 0 Å². The SMILES string of the molecule is CN1CCOc2ccc(CC(O)C(=O)O)cc21. The number of nitrogens with zero attached hydrogens (tertiary/aromatic N) is 1. The number of hydrogen-bond acceptors (Lipinski definition) is 4. The van der Waals surface area contributed by atoms with Gasteiger partial charge in [-0.3, -0.25) is 0 Å². The van der Waals surface area contributed by atoms with Crippen LogP contribution in [0.2, 0.25) is 0 Å². The van der Waals surface area contributed by atoms with Crippen LogP contribution in [0, 0.1) is 0 Å². The molecule has 2 rings (SSSR count). The molecule has 0 amide bonds. The highest BCUT2D eigenvalue weighted by Crippen LogP contribution is 2.31. The zero-order valence-corrected chi connectivity index (χ0v) is 9.59. The Morgan fingerprint density at radius 2 is 2.35 bits per heavy atom. The zero-order valence-electron chi connectivity index (χ0n) is 9.59. The van der Waals surface area contributed by atoms with Gasteiger partial charge in [-0.05, 0) is 17.7 Å². The zero-order chi connectivity index (χ0) is 12.4. The summed E-state index contributed by atoms with van der Waals surface area (Å²) in [5.41, 5.74) is 1.72. The molecule has 0 fully saturated rings. The average molecular weight is 237 g/mol. The fraction of sp³-hybridized carbons (Fsp3) is 0.417. The van der Waals surface area contributed by atoms with Crippen molar-refractivity contribution in [3.63, 3.8) is 0 Å². The molecule has 1 aliphatic rings. The number of aliphatic carboxylic acids is 1. The number of anilines is 1. The largest absolute Gasteiger partial charge is 0.490 e. The van der Waals surface area contributed by atoms with Gasteiger partial charge in [-0.15, -0.1) is 0 Å². The Labute approximate surface area is 99.2 Å². The first-order valence-electron chi connectivity index (χ1n) is 5.45. The molecule has 5 heteroatoms. The van der Waals surface area contributed by atoms with Crippen molar-refractivity contribution in [2.75, 3.05) is 25.1 Å². The van der Waals surface area contributed by atoms with E-state index < -0.39 is 12.1 Å². The number of likely N-dealkylation sites (N-methyl/N-ethyl adjacent to an activating group) is 1. The Hall–Kier alpha value is -1.75. The molecule has 17 heavy (non-hydrogen) atoms. The minimum absolute atomic E-state index is 0.108. The molecule has 2 N–H and O–H groups in total. The number of carbonyl (C=O) groups is 1. The van der Waals surface area contributed by atoms with E-state index in [9.17, 15) is 9.90 Å². The van der Waals surface area contributed by atoms with Gasteiger partial charge in [0.25, 0.3) is 0 Å². The minimum Gasteiger partial charge on any atom is -0.490 e. The van der Waals surface area contributed by atoms with Crippen molar-refractivity contribution in [1.82, 2.24) is 0 Å². The van der Waals surface area contributed by atoms with Crippen LogP contribution in [0.4, 0.5) is 5.69 Å². The van der Waals surface area contributed by atoms with Gasteiger partial charge in [-0.25, -0.2) is 4.79 Å². The molecule has 92 valence electrons. The molecule has 1 aromatic rings. The second kappa shape index (κ2) is 4.63. The summed E-state index contributed by atoms with van der Waals surface area (Å²) >= 11 is 0. The van der Waals surface area contributed by atoms with Gasteiger partial charge in [0.2, 0.25) is 0 Å². The topological polar surface area (TPSA) is 70.0 Å². The maximum absolute atomic E-state index is 10.6. The molecule has 0 aromatic heterocycles. The predicted molar refractivity (Wildman–Crippen MR) is 62.6 cm³/mol. The van der Waals surface area contributed by atoms with Gasteiger partial charge in [-0.2, -0.15) is 0 Å². The summed E-state index contributed by atoms with van der Waals surface area (Å²) < 4.78 is 5.48. The summed E-state index contributed by atoms with van der Waals surface area (Å²) in [5.74, 6) is -0.403. The van der Waals surface area contributed by atoms with Gasteiger partial charge in [0.05, 0.1) is 12.2 Å². The first kappa shape index (κ1) is 11.7. The molecule has 1 aromatic carbocycles. The number of carboxylic acid groups (broad SMARTS) is 1. The van der Waals surface area contributed by atoms with Gasteiger partial charge in [0, 0.05) is 13.5 Å². The van der Waals surface area contributed by atoms with Crippen molar-refractivity contribution in [3.8, 4) is 5.75 Å². The van der Waals surface area contributed by atoms with Crippen LogP contribution < -0.4 is 9.64 Å². The number of aliphatic hydroxyl groups excluding tert-OH is 1. The van der Waals surface area contributed by atoms with E-state index in [-0.39, 0.29) is 6.42 Å². The molecular weight excluding hydrogens is 222 g/mol. The van der Waals surface area contributed by atoms with Crippen molar-refractivity contribution in [2.24, 2.45) is 0 Å². The number of aliphatic hydroxyl groups is 1. The fourth-order valence-corrected chi connectivity index (χ4v) is 1.83. The molecule has 1 aliphatic heterocycles. The molecule has 1 atom stereocenters. The van der Waals surface area contributed by atoms with E-state index in [4.69, 9.17) is 9.84 Å². The van der Waals surface area contributed by atoms with Crippen LogP contribution in [0.15, 0.2) is 18.2 Å². The maximum Gasteiger partial charge on any atom is 0.332 e. The van der Waals surface area contributed by atoms with Gasteiger partial charge in [-0.1, -0.05) is 6.07 Å². The number of carboxylic acids is 1. The Morgan fingerprint density at radius 1 is 1.59 bits per heavy atom. The number of fused-ring (bicyclic) bond motifs is 1. The highest BCUT2D eigenvalue weighted by atomic mass is 16.5. The third-order valence-electron chi connectivity index (χ3n) is 2.83. The van der Waals surface area contributed by atoms with Gasteiger partial charge in [0.15, 0.2) is 6.10 Å². The third-order valence-corrected chi connectivity index (χ3v) is 2.83. The van der Waals surface area contributed by atoms with E-state index in [1.54, 1.807) is 6.07 Å². The molecular formula is C12H15NO4. The molecule has 1 heterocycles. The summed E-state index contributed by atoms with van der Waals surface area (Å²) in [6.45, 7) is 1.46. The van der Waals surface area contributed by atoms with Crippen LogP contribution >= 0.6 is 0 Å². The second-order valence-electron chi connectivity index (χ2n) is 4.13. The lowest BCUT2D eigenvalue weighted by molar-refractivity contribution is -0.146. The van der Waals surface area contributed by atoms with Crippen LogP contribution in [0.1, 0.15) is 5.56 Å². The van der Waals surface area contributed by atoms with Crippen LogP contribution in [-0.2, 0) is 11.2 Å². The number of hydrogen-bond donors (Lipinski definition) is 2. The Balaban J connectivity index is 2.20. The summed E-state index contributed by atoms with van der Waals surface area (Å²) in [7, 11) is 1.96. The van der Waals surface area contributed by atoms with Crippen molar-refractivity contribution in [2.45, 2.75) is 12.5 Å². The summed E-state index contributed by atoms with van der Waals surface area (Å²) in [6.07, 6.45) is -1.25. The molecule has 0 spiro atoms. The molecule has 0 aliphatic carbocycles. The highest BCUT2D eigenvalue weighted by Gasteiger charge is 2.18. The second-order valence-corrected chi connectivity index (χ2v) is 4.13. The molecule has 0 bridgehead atoms. The quantitative estimate of drug-likeness (QED) is 0.801. The van der Waals surface area contributed by atoms with Crippen molar-refractivity contribution >= 4 is 11.7 Å². The lowest BCUT2D eigenvalue weighted by atomic mass is 10.1. The predicted octanol–water partition coefficient (Wildman–Crippen LogP) is 0.503.